The van der Waals surface area contributed by atoms with Crippen molar-refractivity contribution in [1.29, 1.82) is 0 Å². The smallest absolute Gasteiger partial charge is 0.227 e. The molecule has 1 aliphatic rings. The second-order valence-electron chi connectivity index (χ2n) is 7.20. The van der Waals surface area contributed by atoms with Gasteiger partial charge < -0.3 is 21.3 Å². The number of amides is 2. The summed E-state index contributed by atoms with van der Waals surface area (Å²) in [5.41, 5.74) is 2.99. The van der Waals surface area contributed by atoms with Gasteiger partial charge >= 0.3 is 0 Å². The summed E-state index contributed by atoms with van der Waals surface area (Å²) < 4.78 is 0. The fourth-order valence-electron chi connectivity index (χ4n) is 3.25. The van der Waals surface area contributed by atoms with E-state index in [1.54, 1.807) is 12.3 Å². The molecule has 2 aromatic rings. The van der Waals surface area contributed by atoms with Crippen LogP contribution in [0.2, 0.25) is 0 Å². The molecule has 0 spiro atoms. The molecule has 9 heteroatoms. The van der Waals surface area contributed by atoms with E-state index in [0.717, 1.165) is 16.8 Å². The highest BCUT2D eigenvalue weighted by atomic mass is 127. The average molecular weight is 536 g/mol. The zero-order valence-corrected chi connectivity index (χ0v) is 20.1. The Labute approximate surface area is 199 Å². The Kier molecular flexibility index (Phi) is 9.70. The highest BCUT2D eigenvalue weighted by Gasteiger charge is 2.24. The number of carbonyl (C=O) groups excluding carboxylic acids is 2. The van der Waals surface area contributed by atoms with Gasteiger partial charge in [-0.3, -0.25) is 14.6 Å². The monoisotopic (exact) mass is 536 g/mol. The Morgan fingerprint density at radius 2 is 2.03 bits per heavy atom. The van der Waals surface area contributed by atoms with Crippen molar-refractivity contribution in [3.63, 3.8) is 0 Å². The standard InChI is InChI=1S/C22H28N6O2.HI/c1-3-23-22(24-11-10-20(29)28-19-9-8-15(2)13-25-19)26-14-16-12-21(30)27-18-7-5-4-6-17(16)18;/h4-9,13,16H,3,10-12,14H2,1-2H3,(H,27,30)(H2,23,24,26)(H,25,28,29);1H. The Bertz CT molecular complexity index is 916. The lowest BCUT2D eigenvalue weighted by atomic mass is 9.91. The van der Waals surface area contributed by atoms with Gasteiger partial charge in [-0.25, -0.2) is 4.98 Å². The number of carbonyl (C=O) groups is 2. The normalized spacial score (nSPS) is 15.2. The average Bonchev–Trinajstić information content (AvgIpc) is 2.73. The van der Waals surface area contributed by atoms with E-state index in [9.17, 15) is 9.59 Å². The topological polar surface area (TPSA) is 108 Å². The molecular formula is C22H29IN6O2. The highest BCUT2D eigenvalue weighted by Crippen LogP contribution is 2.31. The van der Waals surface area contributed by atoms with Crippen LogP contribution in [0.5, 0.6) is 0 Å². The van der Waals surface area contributed by atoms with Crippen molar-refractivity contribution in [2.24, 2.45) is 4.99 Å². The number of halogens is 1. The fraction of sp³-hybridized carbons (Fsp3) is 0.364. The molecule has 31 heavy (non-hydrogen) atoms. The van der Waals surface area contributed by atoms with Crippen LogP contribution in [0.15, 0.2) is 47.6 Å². The maximum absolute atomic E-state index is 12.1. The minimum absolute atomic E-state index is 0. The van der Waals surface area contributed by atoms with E-state index in [2.05, 4.69) is 31.2 Å². The van der Waals surface area contributed by atoms with Gasteiger partial charge in [-0.05, 0) is 37.1 Å². The predicted molar refractivity (Wildman–Crippen MR) is 134 cm³/mol. The van der Waals surface area contributed by atoms with Gasteiger partial charge in [0.25, 0.3) is 0 Å². The highest BCUT2D eigenvalue weighted by molar-refractivity contribution is 14.0. The first-order valence-corrected chi connectivity index (χ1v) is 10.2. The molecule has 2 amide bonds. The number of aliphatic imine (C=N–C) groups is 1. The number of hydrogen-bond acceptors (Lipinski definition) is 4. The second-order valence-corrected chi connectivity index (χ2v) is 7.20. The van der Waals surface area contributed by atoms with Crippen LogP contribution in [0.3, 0.4) is 0 Å². The van der Waals surface area contributed by atoms with E-state index >= 15 is 0 Å². The van der Waals surface area contributed by atoms with E-state index in [1.807, 2.05) is 44.2 Å². The lowest BCUT2D eigenvalue weighted by Gasteiger charge is -2.24. The lowest BCUT2D eigenvalue weighted by molar-refractivity contribution is -0.117. The number of hydrogen-bond donors (Lipinski definition) is 4. The van der Waals surface area contributed by atoms with E-state index in [1.165, 1.54) is 0 Å². The van der Waals surface area contributed by atoms with Gasteiger partial charge in [0, 0.05) is 43.7 Å². The number of para-hydroxylation sites is 1. The summed E-state index contributed by atoms with van der Waals surface area (Å²) in [4.78, 5) is 32.9. The molecule has 0 fully saturated rings. The molecule has 8 nitrogen and oxygen atoms in total. The van der Waals surface area contributed by atoms with Crippen LogP contribution >= 0.6 is 24.0 Å². The zero-order valence-electron chi connectivity index (χ0n) is 17.8. The van der Waals surface area contributed by atoms with Crippen molar-refractivity contribution in [2.75, 3.05) is 30.3 Å². The Hall–Kier alpha value is -2.69. The van der Waals surface area contributed by atoms with E-state index in [-0.39, 0.29) is 48.1 Å². The molecular weight excluding hydrogens is 507 g/mol. The van der Waals surface area contributed by atoms with Crippen LogP contribution in [0.25, 0.3) is 0 Å². The second kappa shape index (κ2) is 12.2. The molecule has 3 rings (SSSR count). The number of nitrogens with zero attached hydrogens (tertiary/aromatic N) is 2. The third-order valence-electron chi connectivity index (χ3n) is 4.74. The largest absolute Gasteiger partial charge is 0.357 e. The number of guanidine groups is 1. The minimum atomic E-state index is -0.118. The molecule has 1 aromatic heterocycles. The first kappa shape index (κ1) is 24.6. The number of anilines is 2. The predicted octanol–water partition coefficient (Wildman–Crippen LogP) is 3.02. The molecule has 1 aliphatic heterocycles. The SMILES string of the molecule is CCNC(=NCC1CC(=O)Nc2ccccc21)NCCC(=O)Nc1ccc(C)cn1.I. The van der Waals surface area contributed by atoms with Crippen LogP contribution in [0.4, 0.5) is 11.5 Å². The molecule has 2 heterocycles. The van der Waals surface area contributed by atoms with E-state index in [4.69, 9.17) is 0 Å². The molecule has 166 valence electrons. The number of aryl methyl sites for hydroxylation is 1. The van der Waals surface area contributed by atoms with Crippen LogP contribution in [-0.4, -0.2) is 42.4 Å². The minimum Gasteiger partial charge on any atom is -0.357 e. The molecule has 0 saturated carbocycles. The van der Waals surface area contributed by atoms with Crippen molar-refractivity contribution >= 4 is 53.3 Å². The summed E-state index contributed by atoms with van der Waals surface area (Å²) >= 11 is 0. The van der Waals surface area contributed by atoms with E-state index < -0.39 is 0 Å². The van der Waals surface area contributed by atoms with Crippen molar-refractivity contribution < 1.29 is 9.59 Å². The van der Waals surface area contributed by atoms with Gasteiger partial charge in [0.2, 0.25) is 11.8 Å². The van der Waals surface area contributed by atoms with Crippen molar-refractivity contribution in [1.82, 2.24) is 15.6 Å². The Balaban J connectivity index is 0.00000341. The van der Waals surface area contributed by atoms with Gasteiger partial charge in [0.05, 0.1) is 6.54 Å². The number of nitrogens with one attached hydrogen (secondary N) is 4. The summed E-state index contributed by atoms with van der Waals surface area (Å²) in [7, 11) is 0. The molecule has 0 aliphatic carbocycles. The Morgan fingerprint density at radius 1 is 1.23 bits per heavy atom. The van der Waals surface area contributed by atoms with E-state index in [0.29, 0.717) is 37.8 Å². The summed E-state index contributed by atoms with van der Waals surface area (Å²) in [5.74, 6) is 1.09. The molecule has 1 aromatic carbocycles. The third-order valence-corrected chi connectivity index (χ3v) is 4.74. The van der Waals surface area contributed by atoms with Crippen molar-refractivity contribution in [3.8, 4) is 0 Å². The van der Waals surface area contributed by atoms with Crippen LogP contribution in [-0.2, 0) is 9.59 Å². The quantitative estimate of drug-likeness (QED) is 0.247. The number of rotatable bonds is 7. The summed E-state index contributed by atoms with van der Waals surface area (Å²) in [6.45, 7) is 5.55. The van der Waals surface area contributed by atoms with Crippen LogP contribution < -0.4 is 21.3 Å². The van der Waals surface area contributed by atoms with Crippen LogP contribution in [0, 0.1) is 6.92 Å². The summed E-state index contributed by atoms with van der Waals surface area (Å²) in [5, 5.41) is 12.0. The number of fused-ring (bicyclic) bond motifs is 1. The van der Waals surface area contributed by atoms with Gasteiger partial charge in [-0.2, -0.15) is 0 Å². The molecule has 4 N–H and O–H groups in total. The van der Waals surface area contributed by atoms with Gasteiger partial charge in [0.15, 0.2) is 5.96 Å². The molecule has 0 bridgehead atoms. The number of benzene rings is 1. The maximum Gasteiger partial charge on any atom is 0.227 e. The summed E-state index contributed by atoms with van der Waals surface area (Å²) in [6.07, 6.45) is 2.41. The molecule has 1 unspecified atom stereocenters. The first-order valence-electron chi connectivity index (χ1n) is 10.2. The lowest BCUT2D eigenvalue weighted by Crippen LogP contribution is -2.39. The fourth-order valence-corrected chi connectivity index (χ4v) is 3.25. The Morgan fingerprint density at radius 3 is 2.77 bits per heavy atom. The van der Waals surface area contributed by atoms with Gasteiger partial charge in [-0.15, -0.1) is 24.0 Å². The van der Waals surface area contributed by atoms with Gasteiger partial charge in [-0.1, -0.05) is 24.3 Å². The molecule has 0 radical (unpaired) electrons. The maximum atomic E-state index is 12.1. The first-order chi connectivity index (χ1) is 14.5. The zero-order chi connectivity index (χ0) is 21.3. The third kappa shape index (κ3) is 7.50. The number of aromatic nitrogens is 1. The molecule has 0 saturated heterocycles. The van der Waals surface area contributed by atoms with Crippen molar-refractivity contribution in [3.05, 3.63) is 53.7 Å². The number of pyridine rings is 1. The van der Waals surface area contributed by atoms with Gasteiger partial charge in [0.1, 0.15) is 5.82 Å². The van der Waals surface area contributed by atoms with Crippen LogP contribution in [0.1, 0.15) is 36.8 Å². The summed E-state index contributed by atoms with van der Waals surface area (Å²) in [6, 6.07) is 11.5. The molecule has 1 atom stereocenters. The van der Waals surface area contributed by atoms with Crippen molar-refractivity contribution in [2.45, 2.75) is 32.6 Å².